The van der Waals surface area contributed by atoms with Gasteiger partial charge in [0, 0.05) is 26.1 Å². The maximum Gasteiger partial charge on any atom is 0.235 e. The van der Waals surface area contributed by atoms with Crippen molar-refractivity contribution in [1.82, 2.24) is 15.5 Å². The Morgan fingerprint density at radius 1 is 1.12 bits per heavy atom. The van der Waals surface area contributed by atoms with Crippen molar-refractivity contribution in [1.29, 1.82) is 0 Å². The third-order valence-electron chi connectivity index (χ3n) is 4.99. The lowest BCUT2D eigenvalue weighted by atomic mass is 9.81. The number of hydrogen-bond acceptors (Lipinski definition) is 5. The summed E-state index contributed by atoms with van der Waals surface area (Å²) in [5.41, 5.74) is 0. The van der Waals surface area contributed by atoms with E-state index < -0.39 is 0 Å². The Hall–Kier alpha value is -1.18. The molecule has 0 radical (unpaired) electrons. The lowest BCUT2D eigenvalue weighted by molar-refractivity contribution is -0.142. The van der Waals surface area contributed by atoms with Crippen LogP contribution in [0.15, 0.2) is 0 Å². The molecule has 3 aliphatic heterocycles. The summed E-state index contributed by atoms with van der Waals surface area (Å²) in [5, 5.41) is 6.00. The van der Waals surface area contributed by atoms with Gasteiger partial charge in [-0.1, -0.05) is 6.92 Å². The maximum atomic E-state index is 12.4. The first-order valence-electron chi connectivity index (χ1n) is 8.61. The van der Waals surface area contributed by atoms with Crippen LogP contribution < -0.4 is 10.6 Å². The van der Waals surface area contributed by atoms with E-state index in [0.717, 1.165) is 32.4 Å². The highest BCUT2D eigenvalue weighted by Gasteiger charge is 2.62. The summed E-state index contributed by atoms with van der Waals surface area (Å²) in [6, 6.07) is 0. The summed E-state index contributed by atoms with van der Waals surface area (Å²) in [5.74, 6) is -1.03. The lowest BCUT2D eigenvalue weighted by Crippen LogP contribution is -2.38. The maximum absolute atomic E-state index is 12.4. The summed E-state index contributed by atoms with van der Waals surface area (Å²) in [6.07, 6.45) is 2.77. The Morgan fingerprint density at radius 2 is 1.75 bits per heavy atom. The highest BCUT2D eigenvalue weighted by molar-refractivity contribution is 6.06. The van der Waals surface area contributed by atoms with Crippen LogP contribution in [0.5, 0.6) is 0 Å². The van der Waals surface area contributed by atoms with Crippen LogP contribution in [0.4, 0.5) is 0 Å². The van der Waals surface area contributed by atoms with Crippen molar-refractivity contribution >= 4 is 30.1 Å². The SMILES string of the molecule is CCCNCCNC(=O)CCN1C(=O)C2C3CCC(O3)C2C1=O.Cl. The second kappa shape index (κ2) is 8.27. The Morgan fingerprint density at radius 3 is 2.33 bits per heavy atom. The first kappa shape index (κ1) is 19.1. The van der Waals surface area contributed by atoms with Crippen molar-refractivity contribution in [2.24, 2.45) is 11.8 Å². The van der Waals surface area contributed by atoms with Gasteiger partial charge in [0.15, 0.2) is 0 Å². The molecule has 0 saturated carbocycles. The third-order valence-corrected chi connectivity index (χ3v) is 4.99. The topological polar surface area (TPSA) is 87.7 Å². The van der Waals surface area contributed by atoms with Crippen molar-refractivity contribution in [3.63, 3.8) is 0 Å². The van der Waals surface area contributed by atoms with E-state index in [1.165, 1.54) is 4.90 Å². The molecule has 0 aliphatic carbocycles. The van der Waals surface area contributed by atoms with Gasteiger partial charge >= 0.3 is 0 Å². The molecule has 3 rings (SSSR count). The van der Waals surface area contributed by atoms with Crippen molar-refractivity contribution in [2.45, 2.75) is 44.8 Å². The smallest absolute Gasteiger partial charge is 0.235 e. The molecule has 3 amide bonds. The van der Waals surface area contributed by atoms with Gasteiger partial charge in [0.1, 0.15) is 0 Å². The minimum Gasteiger partial charge on any atom is -0.373 e. The molecule has 2 N–H and O–H groups in total. The molecule has 3 saturated heterocycles. The predicted octanol–water partition coefficient (Wildman–Crippen LogP) is 0.0765. The highest BCUT2D eigenvalue weighted by atomic mass is 35.5. The molecule has 7 nitrogen and oxygen atoms in total. The van der Waals surface area contributed by atoms with Crippen LogP contribution >= 0.6 is 12.4 Å². The van der Waals surface area contributed by atoms with Crippen molar-refractivity contribution < 1.29 is 19.1 Å². The fourth-order valence-corrected chi connectivity index (χ4v) is 3.89. The molecule has 2 bridgehead atoms. The minimum absolute atomic E-state index is 0. The Labute approximate surface area is 148 Å². The second-order valence-corrected chi connectivity index (χ2v) is 6.52. The van der Waals surface area contributed by atoms with Crippen molar-refractivity contribution in [3.05, 3.63) is 0 Å². The van der Waals surface area contributed by atoms with E-state index in [2.05, 4.69) is 17.6 Å². The number of hydrogen-bond donors (Lipinski definition) is 2. The summed E-state index contributed by atoms with van der Waals surface area (Å²) in [4.78, 5) is 37.9. The zero-order valence-corrected chi connectivity index (χ0v) is 14.8. The van der Waals surface area contributed by atoms with Gasteiger partial charge in [-0.3, -0.25) is 19.3 Å². The molecule has 0 aromatic carbocycles. The molecule has 136 valence electrons. The average molecular weight is 360 g/mol. The Bertz CT molecular complexity index is 474. The molecular weight excluding hydrogens is 334 g/mol. The second-order valence-electron chi connectivity index (χ2n) is 6.52. The van der Waals surface area contributed by atoms with Crippen LogP contribution in [0.25, 0.3) is 0 Å². The van der Waals surface area contributed by atoms with Crippen LogP contribution in [0.2, 0.25) is 0 Å². The van der Waals surface area contributed by atoms with Gasteiger partial charge in [-0.25, -0.2) is 0 Å². The van der Waals surface area contributed by atoms with Gasteiger partial charge < -0.3 is 15.4 Å². The molecule has 0 aromatic rings. The number of ether oxygens (including phenoxy) is 1. The van der Waals surface area contributed by atoms with Crippen LogP contribution in [-0.2, 0) is 19.1 Å². The van der Waals surface area contributed by atoms with Crippen LogP contribution in [0, 0.1) is 11.8 Å². The zero-order valence-electron chi connectivity index (χ0n) is 14.0. The van der Waals surface area contributed by atoms with E-state index in [-0.39, 0.29) is 67.1 Å². The van der Waals surface area contributed by atoms with E-state index in [1.807, 2.05) is 0 Å². The number of likely N-dealkylation sites (tertiary alicyclic amines) is 1. The molecule has 0 aromatic heterocycles. The Balaban J connectivity index is 0.00000208. The standard InChI is InChI=1S/C16H25N3O4.ClH/c1-2-6-17-7-8-18-12(20)5-9-19-15(21)13-10-3-4-11(23-10)14(13)16(19)22;/h10-11,13-14,17H,2-9H2,1H3,(H,18,20);1H. The number of rotatable bonds is 8. The lowest BCUT2D eigenvalue weighted by Gasteiger charge is -2.17. The van der Waals surface area contributed by atoms with Crippen molar-refractivity contribution in [3.8, 4) is 0 Å². The fraction of sp³-hybridized carbons (Fsp3) is 0.812. The van der Waals surface area contributed by atoms with Crippen LogP contribution in [0.1, 0.15) is 32.6 Å². The summed E-state index contributed by atoms with van der Waals surface area (Å²) >= 11 is 0. The summed E-state index contributed by atoms with van der Waals surface area (Å²) in [7, 11) is 0. The molecule has 8 heteroatoms. The van der Waals surface area contributed by atoms with Crippen LogP contribution in [0.3, 0.4) is 0 Å². The van der Waals surface area contributed by atoms with E-state index >= 15 is 0 Å². The number of carbonyl (C=O) groups excluding carboxylic acids is 3. The fourth-order valence-electron chi connectivity index (χ4n) is 3.89. The minimum atomic E-state index is -0.303. The molecule has 24 heavy (non-hydrogen) atoms. The van der Waals surface area contributed by atoms with Crippen LogP contribution in [-0.4, -0.2) is 61.0 Å². The third kappa shape index (κ3) is 3.58. The van der Waals surface area contributed by atoms with E-state index in [0.29, 0.717) is 6.54 Å². The molecular formula is C16H26ClN3O4. The van der Waals surface area contributed by atoms with Crippen molar-refractivity contribution in [2.75, 3.05) is 26.2 Å². The number of fused-ring (bicyclic) bond motifs is 5. The predicted molar refractivity (Wildman–Crippen MR) is 89.6 cm³/mol. The van der Waals surface area contributed by atoms with Gasteiger partial charge in [-0.2, -0.15) is 0 Å². The normalized spacial score (nSPS) is 30.5. The van der Waals surface area contributed by atoms with Gasteiger partial charge in [0.25, 0.3) is 0 Å². The number of nitrogens with zero attached hydrogens (tertiary/aromatic N) is 1. The largest absolute Gasteiger partial charge is 0.373 e. The quantitative estimate of drug-likeness (QED) is 0.473. The van der Waals surface area contributed by atoms with Gasteiger partial charge in [-0.15, -0.1) is 12.4 Å². The van der Waals surface area contributed by atoms with E-state index in [9.17, 15) is 14.4 Å². The van der Waals surface area contributed by atoms with E-state index in [4.69, 9.17) is 4.74 Å². The summed E-state index contributed by atoms with van der Waals surface area (Å²) < 4.78 is 5.68. The first-order chi connectivity index (χ1) is 11.1. The Kier molecular flexibility index (Phi) is 6.60. The number of nitrogens with one attached hydrogen (secondary N) is 2. The number of imide groups is 1. The monoisotopic (exact) mass is 359 g/mol. The highest BCUT2D eigenvalue weighted by Crippen LogP contribution is 2.48. The first-order valence-corrected chi connectivity index (χ1v) is 8.61. The van der Waals surface area contributed by atoms with Gasteiger partial charge in [0.05, 0.1) is 24.0 Å². The molecule has 4 unspecified atom stereocenters. The molecule has 3 fully saturated rings. The molecule has 3 heterocycles. The number of halogens is 1. The van der Waals surface area contributed by atoms with Gasteiger partial charge in [0.2, 0.25) is 17.7 Å². The summed E-state index contributed by atoms with van der Waals surface area (Å²) in [6.45, 7) is 4.48. The number of carbonyl (C=O) groups is 3. The molecule has 4 atom stereocenters. The van der Waals surface area contributed by atoms with E-state index in [1.54, 1.807) is 0 Å². The average Bonchev–Trinajstić information content (AvgIpc) is 3.20. The van der Waals surface area contributed by atoms with Gasteiger partial charge in [-0.05, 0) is 25.8 Å². The molecule has 3 aliphatic rings. The molecule has 0 spiro atoms. The number of amides is 3. The zero-order chi connectivity index (χ0) is 16.4.